The third-order valence-electron chi connectivity index (χ3n) is 2.04. The van der Waals surface area contributed by atoms with Gasteiger partial charge in [0.2, 0.25) is 5.89 Å². The topological polar surface area (TPSA) is 76.2 Å². The molecule has 18 heavy (non-hydrogen) atoms. The molecule has 0 atom stereocenters. The van der Waals surface area contributed by atoms with Crippen molar-refractivity contribution in [2.75, 3.05) is 5.75 Å². The zero-order chi connectivity index (χ0) is 13.0. The molecule has 0 saturated heterocycles. The average Bonchev–Trinajstić information content (AvgIpc) is 2.77. The van der Waals surface area contributed by atoms with Gasteiger partial charge in [0, 0.05) is 0 Å². The molecular weight excluding hydrogens is 259 g/mol. The number of thioether (sulfide) groups is 1. The van der Waals surface area contributed by atoms with Crippen LogP contribution in [0.15, 0.2) is 33.9 Å². The van der Waals surface area contributed by atoms with E-state index < -0.39 is 5.97 Å². The second-order valence-electron chi connectivity index (χ2n) is 3.45. The van der Waals surface area contributed by atoms with Crippen molar-refractivity contribution >= 4 is 17.7 Å². The highest BCUT2D eigenvalue weighted by atomic mass is 32.2. The summed E-state index contributed by atoms with van der Waals surface area (Å²) in [5.41, 5.74) is 0.842. The summed E-state index contributed by atoms with van der Waals surface area (Å²) in [6.07, 6.45) is 0.390. The van der Waals surface area contributed by atoms with E-state index in [0.29, 0.717) is 12.3 Å². The van der Waals surface area contributed by atoms with Gasteiger partial charge in [-0.25, -0.2) is 4.39 Å². The molecule has 0 radical (unpaired) electrons. The summed E-state index contributed by atoms with van der Waals surface area (Å²) in [7, 11) is 0. The molecule has 2 rings (SSSR count). The largest absolute Gasteiger partial charge is 0.481 e. The molecule has 2 aromatic rings. The van der Waals surface area contributed by atoms with Crippen LogP contribution in [0.3, 0.4) is 0 Å². The Balaban J connectivity index is 1.97. The number of hydrogen-bond donors (Lipinski definition) is 1. The highest BCUT2D eigenvalue weighted by Gasteiger charge is 2.09. The molecule has 1 aromatic carbocycles. The first-order valence-electron chi connectivity index (χ1n) is 5.05. The minimum atomic E-state index is -0.946. The Hall–Kier alpha value is -1.89. The van der Waals surface area contributed by atoms with E-state index in [0.717, 1.165) is 17.3 Å². The molecule has 0 unspecified atom stereocenters. The van der Waals surface area contributed by atoms with E-state index in [-0.39, 0.29) is 16.8 Å². The van der Waals surface area contributed by atoms with E-state index in [9.17, 15) is 9.18 Å². The molecule has 94 valence electrons. The Morgan fingerprint density at radius 2 is 2.06 bits per heavy atom. The lowest BCUT2D eigenvalue weighted by molar-refractivity contribution is -0.133. The first-order chi connectivity index (χ1) is 8.63. The van der Waals surface area contributed by atoms with Gasteiger partial charge in [-0.05, 0) is 17.7 Å². The first-order valence-corrected chi connectivity index (χ1v) is 6.03. The number of nitrogens with zero attached hydrogens (tertiary/aromatic N) is 2. The zero-order valence-electron chi connectivity index (χ0n) is 9.17. The number of carbonyl (C=O) groups is 1. The smallest absolute Gasteiger partial charge is 0.314 e. The fourth-order valence-electron chi connectivity index (χ4n) is 1.27. The van der Waals surface area contributed by atoms with Crippen LogP contribution in [0.25, 0.3) is 0 Å². The minimum Gasteiger partial charge on any atom is -0.481 e. The number of benzene rings is 1. The fourth-order valence-corrected chi connectivity index (χ4v) is 1.77. The van der Waals surface area contributed by atoms with Gasteiger partial charge < -0.3 is 9.52 Å². The molecule has 1 heterocycles. The molecule has 0 aliphatic rings. The van der Waals surface area contributed by atoms with Crippen LogP contribution in [0, 0.1) is 5.82 Å². The SMILES string of the molecule is O=C(O)CSc1nnc(Cc2ccc(F)cc2)o1. The maximum atomic E-state index is 12.7. The minimum absolute atomic E-state index is 0.127. The third-order valence-corrected chi connectivity index (χ3v) is 2.84. The van der Waals surface area contributed by atoms with E-state index in [4.69, 9.17) is 9.52 Å². The number of rotatable bonds is 5. The predicted molar refractivity (Wildman–Crippen MR) is 61.9 cm³/mol. The molecule has 0 spiro atoms. The molecule has 0 amide bonds. The lowest BCUT2D eigenvalue weighted by atomic mass is 10.1. The quantitative estimate of drug-likeness (QED) is 0.835. The number of aliphatic carboxylic acids is 1. The molecule has 1 N–H and O–H groups in total. The van der Waals surface area contributed by atoms with Crippen molar-refractivity contribution in [3.63, 3.8) is 0 Å². The second-order valence-corrected chi connectivity index (χ2v) is 4.37. The third kappa shape index (κ3) is 3.56. The number of halogens is 1. The summed E-state index contributed by atoms with van der Waals surface area (Å²) in [6.45, 7) is 0. The van der Waals surface area contributed by atoms with Crippen molar-refractivity contribution < 1.29 is 18.7 Å². The van der Waals surface area contributed by atoms with E-state index in [1.807, 2.05) is 0 Å². The molecule has 0 fully saturated rings. The Labute approximate surface area is 106 Å². The highest BCUT2D eigenvalue weighted by molar-refractivity contribution is 7.99. The number of carboxylic acid groups (broad SMARTS) is 1. The highest BCUT2D eigenvalue weighted by Crippen LogP contribution is 2.17. The van der Waals surface area contributed by atoms with Crippen molar-refractivity contribution in [1.82, 2.24) is 10.2 Å². The van der Waals surface area contributed by atoms with Crippen LogP contribution in [0.4, 0.5) is 4.39 Å². The molecule has 0 aliphatic carbocycles. The van der Waals surface area contributed by atoms with Gasteiger partial charge in [-0.15, -0.1) is 10.2 Å². The average molecular weight is 268 g/mol. The van der Waals surface area contributed by atoms with Gasteiger partial charge in [0.1, 0.15) is 11.6 Å². The molecule has 0 bridgehead atoms. The van der Waals surface area contributed by atoms with Gasteiger partial charge in [0.05, 0.1) is 6.42 Å². The summed E-state index contributed by atoms with van der Waals surface area (Å²) >= 11 is 0.963. The van der Waals surface area contributed by atoms with Crippen molar-refractivity contribution in [3.8, 4) is 0 Å². The van der Waals surface area contributed by atoms with Gasteiger partial charge in [0.15, 0.2) is 0 Å². The summed E-state index contributed by atoms with van der Waals surface area (Å²) in [5, 5.41) is 16.2. The summed E-state index contributed by atoms with van der Waals surface area (Å²) < 4.78 is 17.9. The predicted octanol–water partition coefficient (Wildman–Crippen LogP) is 1.98. The maximum absolute atomic E-state index is 12.7. The van der Waals surface area contributed by atoms with Crippen molar-refractivity contribution in [2.45, 2.75) is 11.6 Å². The van der Waals surface area contributed by atoms with E-state index in [1.54, 1.807) is 12.1 Å². The van der Waals surface area contributed by atoms with E-state index in [1.165, 1.54) is 12.1 Å². The molecule has 0 saturated carbocycles. The normalized spacial score (nSPS) is 10.5. The Bertz CT molecular complexity index is 541. The number of carboxylic acids is 1. The first kappa shape index (κ1) is 12.6. The lowest BCUT2D eigenvalue weighted by Crippen LogP contribution is -1.97. The zero-order valence-corrected chi connectivity index (χ0v) is 9.98. The Morgan fingerprint density at radius 1 is 1.33 bits per heavy atom. The summed E-state index contributed by atoms with van der Waals surface area (Å²) in [6, 6.07) is 5.96. The Morgan fingerprint density at radius 3 is 2.72 bits per heavy atom. The molecule has 5 nitrogen and oxygen atoms in total. The van der Waals surface area contributed by atoms with Gasteiger partial charge in [-0.2, -0.15) is 0 Å². The molecule has 0 aliphatic heterocycles. The van der Waals surface area contributed by atoms with Crippen LogP contribution in [0.2, 0.25) is 0 Å². The van der Waals surface area contributed by atoms with Crippen LogP contribution in [-0.4, -0.2) is 27.0 Å². The molecular formula is C11H9FN2O3S. The van der Waals surface area contributed by atoms with Crippen LogP contribution in [0.1, 0.15) is 11.5 Å². The second kappa shape index (κ2) is 5.63. The lowest BCUT2D eigenvalue weighted by Gasteiger charge is -1.96. The number of aromatic nitrogens is 2. The molecule has 1 aromatic heterocycles. The van der Waals surface area contributed by atoms with E-state index >= 15 is 0 Å². The van der Waals surface area contributed by atoms with Gasteiger partial charge in [-0.3, -0.25) is 4.79 Å². The fraction of sp³-hybridized carbons (Fsp3) is 0.182. The summed E-state index contributed by atoms with van der Waals surface area (Å²) in [5.74, 6) is -1.01. The van der Waals surface area contributed by atoms with Crippen molar-refractivity contribution in [1.29, 1.82) is 0 Å². The number of hydrogen-bond acceptors (Lipinski definition) is 5. The summed E-state index contributed by atoms with van der Waals surface area (Å²) in [4.78, 5) is 10.4. The van der Waals surface area contributed by atoms with Crippen LogP contribution in [-0.2, 0) is 11.2 Å². The molecule has 7 heteroatoms. The van der Waals surface area contributed by atoms with Crippen LogP contribution >= 0.6 is 11.8 Å². The maximum Gasteiger partial charge on any atom is 0.314 e. The Kier molecular flexibility index (Phi) is 3.93. The van der Waals surface area contributed by atoms with E-state index in [2.05, 4.69) is 10.2 Å². The van der Waals surface area contributed by atoms with Gasteiger partial charge in [-0.1, -0.05) is 23.9 Å². The monoisotopic (exact) mass is 268 g/mol. The van der Waals surface area contributed by atoms with Crippen molar-refractivity contribution in [3.05, 3.63) is 41.5 Å². The standard InChI is InChI=1S/C11H9FN2O3S/c12-8-3-1-7(2-4-8)5-9-13-14-11(17-9)18-6-10(15)16/h1-4H,5-6H2,(H,15,16). The van der Waals surface area contributed by atoms with Gasteiger partial charge >= 0.3 is 5.97 Å². The van der Waals surface area contributed by atoms with Crippen LogP contribution < -0.4 is 0 Å². The van der Waals surface area contributed by atoms with Crippen LogP contribution in [0.5, 0.6) is 0 Å². The van der Waals surface area contributed by atoms with Crippen molar-refractivity contribution in [2.24, 2.45) is 0 Å². The van der Waals surface area contributed by atoms with Gasteiger partial charge in [0.25, 0.3) is 5.22 Å².